The third-order valence-corrected chi connectivity index (χ3v) is 6.63. The van der Waals surface area contributed by atoms with Crippen molar-refractivity contribution in [3.63, 3.8) is 0 Å². The van der Waals surface area contributed by atoms with Crippen molar-refractivity contribution in [1.82, 2.24) is 9.88 Å². The third-order valence-electron chi connectivity index (χ3n) is 5.27. The van der Waals surface area contributed by atoms with Gasteiger partial charge in [0.15, 0.2) is 0 Å². The van der Waals surface area contributed by atoms with Crippen LogP contribution in [0.2, 0.25) is 0 Å². The number of ether oxygens (including phenoxy) is 1. The van der Waals surface area contributed by atoms with Crippen molar-refractivity contribution >= 4 is 22.2 Å². The molecule has 31 heavy (non-hydrogen) atoms. The minimum absolute atomic E-state index is 0.320. The number of nitrogens with one attached hydrogen (secondary N) is 1. The summed E-state index contributed by atoms with van der Waals surface area (Å²) >= 11 is 0. The lowest BCUT2D eigenvalue weighted by molar-refractivity contribution is 0.231. The minimum atomic E-state index is -1.22. The molecule has 1 aromatic heterocycles. The molecule has 0 saturated carbocycles. The van der Waals surface area contributed by atoms with Crippen LogP contribution in [-0.4, -0.2) is 48.0 Å². The molecule has 3 aromatic rings. The highest BCUT2D eigenvalue weighted by Crippen LogP contribution is 2.36. The lowest BCUT2D eigenvalue weighted by Crippen LogP contribution is -2.24. The van der Waals surface area contributed by atoms with Gasteiger partial charge in [0.25, 0.3) is 0 Å². The number of hydrogen-bond acceptors (Lipinski definition) is 6. The van der Waals surface area contributed by atoms with E-state index in [4.69, 9.17) is 4.74 Å². The molecule has 0 saturated heterocycles. The largest absolute Gasteiger partial charge is 0.490 e. The van der Waals surface area contributed by atoms with Gasteiger partial charge in [-0.1, -0.05) is 36.4 Å². The number of nitrogens with zero attached hydrogens (tertiary/aromatic N) is 3. The molecular formula is C24H28N4O2S. The first kappa shape index (κ1) is 21.3. The first-order chi connectivity index (χ1) is 15.1. The first-order valence-electron chi connectivity index (χ1n) is 10.4. The lowest BCUT2D eigenvalue weighted by Gasteiger charge is -2.18. The van der Waals surface area contributed by atoms with Gasteiger partial charge in [-0.3, -0.25) is 14.1 Å². The van der Waals surface area contributed by atoms with E-state index in [1.807, 2.05) is 43.4 Å². The minimum Gasteiger partial charge on any atom is -0.490 e. The van der Waals surface area contributed by atoms with Crippen LogP contribution in [0.4, 0.5) is 11.4 Å². The van der Waals surface area contributed by atoms with Crippen LogP contribution >= 0.6 is 0 Å². The molecule has 0 radical (unpaired) electrons. The van der Waals surface area contributed by atoms with Crippen molar-refractivity contribution in [1.29, 1.82) is 0 Å². The zero-order valence-corrected chi connectivity index (χ0v) is 18.8. The maximum Gasteiger partial charge on any atom is 0.141 e. The average molecular weight is 437 g/mol. The Hall–Kier alpha value is -2.90. The molecule has 0 amide bonds. The molecule has 6 nitrogen and oxygen atoms in total. The van der Waals surface area contributed by atoms with E-state index in [2.05, 4.69) is 51.4 Å². The van der Waals surface area contributed by atoms with Crippen LogP contribution in [-0.2, 0) is 23.1 Å². The second kappa shape index (κ2) is 9.94. The summed E-state index contributed by atoms with van der Waals surface area (Å²) in [7, 11) is 2.86. The number of fused-ring (bicyclic) bond motifs is 1. The lowest BCUT2D eigenvalue weighted by atomic mass is 10.2. The standard InChI is InChI=1S/C24H28N4O2S/c1-27(16-19-8-4-3-5-9-19)14-15-30-22-11-7-13-25-21(22)17-31(29)23-12-6-10-20-24(23)28(2)18-26-20/h3-13,26H,14-18H2,1-2H3. The Balaban J connectivity index is 1.38. The summed E-state index contributed by atoms with van der Waals surface area (Å²) in [5.41, 5.74) is 4.02. The Morgan fingerprint density at radius 1 is 1.13 bits per heavy atom. The second-order valence-electron chi connectivity index (χ2n) is 7.70. The Kier molecular flexibility index (Phi) is 6.84. The van der Waals surface area contributed by atoms with Gasteiger partial charge >= 0.3 is 0 Å². The van der Waals surface area contributed by atoms with E-state index in [1.165, 1.54) is 5.56 Å². The number of aromatic nitrogens is 1. The fraction of sp³-hybridized carbons (Fsp3) is 0.292. The summed E-state index contributed by atoms with van der Waals surface area (Å²) < 4.78 is 19.2. The van der Waals surface area contributed by atoms with Gasteiger partial charge in [0.1, 0.15) is 12.4 Å². The van der Waals surface area contributed by atoms with Gasteiger partial charge in [-0.25, -0.2) is 0 Å². The van der Waals surface area contributed by atoms with Crippen molar-refractivity contribution in [2.45, 2.75) is 17.2 Å². The molecule has 2 aromatic carbocycles. The average Bonchev–Trinajstić information content (AvgIpc) is 3.16. The predicted molar refractivity (Wildman–Crippen MR) is 126 cm³/mol. The maximum atomic E-state index is 13.2. The van der Waals surface area contributed by atoms with Gasteiger partial charge in [0, 0.05) is 26.3 Å². The summed E-state index contributed by atoms with van der Waals surface area (Å²) in [5.74, 6) is 1.02. The third kappa shape index (κ3) is 5.24. The molecule has 4 rings (SSSR count). The van der Waals surface area contributed by atoms with Gasteiger partial charge in [0.2, 0.25) is 0 Å². The highest BCUT2D eigenvalue weighted by atomic mass is 32.2. The van der Waals surface area contributed by atoms with E-state index in [1.54, 1.807) is 6.20 Å². The van der Waals surface area contributed by atoms with Crippen LogP contribution in [0.1, 0.15) is 11.3 Å². The molecular weight excluding hydrogens is 408 g/mol. The van der Waals surface area contributed by atoms with Gasteiger partial charge in [-0.2, -0.15) is 0 Å². The van der Waals surface area contributed by atoms with Crippen LogP contribution in [0.3, 0.4) is 0 Å². The Bertz CT molecular complexity index is 1040. The van der Waals surface area contributed by atoms with Crippen LogP contribution in [0.5, 0.6) is 5.75 Å². The SMILES string of the molecule is CN(CCOc1cccnc1CS(=O)c1cccc2c1N(C)CN2)Cc1ccccc1. The molecule has 1 N–H and O–H groups in total. The molecule has 162 valence electrons. The Morgan fingerprint density at radius 3 is 2.81 bits per heavy atom. The summed E-state index contributed by atoms with van der Waals surface area (Å²) in [5, 5.41) is 3.32. The van der Waals surface area contributed by atoms with Gasteiger partial charge < -0.3 is 15.0 Å². The predicted octanol–water partition coefficient (Wildman–Crippen LogP) is 3.72. The van der Waals surface area contributed by atoms with Crippen molar-refractivity contribution in [2.75, 3.05) is 44.1 Å². The van der Waals surface area contributed by atoms with Crippen LogP contribution < -0.4 is 15.0 Å². The van der Waals surface area contributed by atoms with Crippen LogP contribution in [0, 0.1) is 0 Å². The fourth-order valence-corrected chi connectivity index (χ4v) is 5.01. The van der Waals surface area contributed by atoms with E-state index in [0.717, 1.165) is 41.7 Å². The Morgan fingerprint density at radius 2 is 1.97 bits per heavy atom. The van der Waals surface area contributed by atoms with Crippen molar-refractivity contribution < 1.29 is 8.95 Å². The summed E-state index contributed by atoms with van der Waals surface area (Å²) in [6, 6.07) is 20.0. The van der Waals surface area contributed by atoms with E-state index >= 15 is 0 Å². The number of likely N-dealkylation sites (N-methyl/N-ethyl adjacent to an activating group) is 1. The molecule has 1 atom stereocenters. The number of rotatable bonds is 9. The molecule has 1 unspecified atom stereocenters. The molecule has 0 fully saturated rings. The van der Waals surface area contributed by atoms with Gasteiger partial charge in [-0.05, 0) is 36.9 Å². The smallest absolute Gasteiger partial charge is 0.141 e. The molecule has 0 aliphatic carbocycles. The fourth-order valence-electron chi connectivity index (χ4n) is 3.68. The maximum absolute atomic E-state index is 13.2. The number of benzene rings is 2. The molecule has 2 heterocycles. The number of hydrogen-bond donors (Lipinski definition) is 1. The highest BCUT2D eigenvalue weighted by Gasteiger charge is 2.22. The van der Waals surface area contributed by atoms with Crippen LogP contribution in [0.25, 0.3) is 0 Å². The topological polar surface area (TPSA) is 57.7 Å². The van der Waals surface area contributed by atoms with Gasteiger partial charge in [0.05, 0.1) is 45.2 Å². The van der Waals surface area contributed by atoms with E-state index < -0.39 is 10.8 Å². The summed E-state index contributed by atoms with van der Waals surface area (Å²) in [6.07, 6.45) is 1.73. The highest BCUT2D eigenvalue weighted by molar-refractivity contribution is 7.84. The first-order valence-corrected chi connectivity index (χ1v) is 11.7. The van der Waals surface area contributed by atoms with Crippen LogP contribution in [0.15, 0.2) is 71.8 Å². The van der Waals surface area contributed by atoms with Crippen molar-refractivity contribution in [3.8, 4) is 5.75 Å². The Labute approximate surface area is 186 Å². The van der Waals surface area contributed by atoms with Crippen molar-refractivity contribution in [3.05, 3.63) is 78.1 Å². The molecule has 0 bridgehead atoms. The van der Waals surface area contributed by atoms with E-state index in [-0.39, 0.29) is 0 Å². The second-order valence-corrected chi connectivity index (χ2v) is 9.11. The molecule has 7 heteroatoms. The molecule has 1 aliphatic rings. The molecule has 1 aliphatic heterocycles. The van der Waals surface area contributed by atoms with Gasteiger partial charge in [-0.15, -0.1) is 0 Å². The number of anilines is 2. The summed E-state index contributed by atoms with van der Waals surface area (Å²) in [4.78, 5) is 9.59. The monoisotopic (exact) mass is 436 g/mol. The zero-order valence-electron chi connectivity index (χ0n) is 18.0. The van der Waals surface area contributed by atoms with Crippen molar-refractivity contribution in [2.24, 2.45) is 0 Å². The van der Waals surface area contributed by atoms with E-state index in [9.17, 15) is 4.21 Å². The summed E-state index contributed by atoms with van der Waals surface area (Å²) in [6.45, 7) is 2.92. The number of para-hydroxylation sites is 1. The zero-order chi connectivity index (χ0) is 21.6. The molecule has 0 spiro atoms. The quantitative estimate of drug-likeness (QED) is 0.552. The number of pyridine rings is 1. The normalized spacial score (nSPS) is 13.7. The van der Waals surface area contributed by atoms with E-state index in [0.29, 0.717) is 18.1 Å².